The van der Waals surface area contributed by atoms with Gasteiger partial charge in [0.15, 0.2) is 5.11 Å². The highest BCUT2D eigenvalue weighted by Crippen LogP contribution is 2.23. The summed E-state index contributed by atoms with van der Waals surface area (Å²) in [6.07, 6.45) is 0.544. The van der Waals surface area contributed by atoms with E-state index in [0.29, 0.717) is 22.0 Å². The molecule has 0 radical (unpaired) electrons. The molecule has 1 saturated heterocycles. The topological polar surface area (TPSA) is 64.7 Å². The molecular formula is C21H22Cl2N4O2S. The minimum absolute atomic E-state index is 0.186. The molecule has 1 aliphatic rings. The molecule has 9 heteroatoms. The molecule has 0 aliphatic carbocycles. The predicted octanol–water partition coefficient (Wildman–Crippen LogP) is 4.18. The van der Waals surface area contributed by atoms with Crippen LogP contribution < -0.4 is 15.5 Å². The smallest absolute Gasteiger partial charge is 0.257 e. The van der Waals surface area contributed by atoms with E-state index < -0.39 is 0 Å². The number of piperazine rings is 1. The second-order valence-corrected chi connectivity index (χ2v) is 8.03. The summed E-state index contributed by atoms with van der Waals surface area (Å²) in [5.41, 5.74) is 2.21. The standard InChI is InChI=1S/C21H22Cl2N4O2S/c1-2-19(28)27-11-9-26(10-12-27)16-6-4-15(5-7-16)24-21(30)25-20(29)14-3-8-17(22)18(23)13-14/h3-8,13H,2,9-12H2,1H3,(H2,24,25,29,30). The van der Waals surface area contributed by atoms with Crippen LogP contribution in [-0.2, 0) is 4.79 Å². The number of hydrogen-bond donors (Lipinski definition) is 2. The van der Waals surface area contributed by atoms with Crippen LogP contribution in [0, 0.1) is 0 Å². The largest absolute Gasteiger partial charge is 0.368 e. The first-order valence-electron chi connectivity index (χ1n) is 9.57. The van der Waals surface area contributed by atoms with Gasteiger partial charge < -0.3 is 15.1 Å². The molecule has 0 bridgehead atoms. The number of carbonyl (C=O) groups is 2. The van der Waals surface area contributed by atoms with Crippen LogP contribution in [0.3, 0.4) is 0 Å². The van der Waals surface area contributed by atoms with Crippen LogP contribution in [0.1, 0.15) is 23.7 Å². The first kappa shape index (κ1) is 22.3. The number of nitrogens with zero attached hydrogens (tertiary/aromatic N) is 2. The van der Waals surface area contributed by atoms with Gasteiger partial charge in [0, 0.05) is 49.5 Å². The molecule has 2 aromatic carbocycles. The number of benzene rings is 2. The van der Waals surface area contributed by atoms with E-state index in [-0.39, 0.29) is 16.9 Å². The van der Waals surface area contributed by atoms with Gasteiger partial charge in [-0.3, -0.25) is 14.9 Å². The highest BCUT2D eigenvalue weighted by Gasteiger charge is 2.20. The van der Waals surface area contributed by atoms with Crippen LogP contribution in [-0.4, -0.2) is 48.0 Å². The Morgan fingerprint density at radius 1 is 1.00 bits per heavy atom. The summed E-state index contributed by atoms with van der Waals surface area (Å²) in [4.78, 5) is 28.2. The summed E-state index contributed by atoms with van der Waals surface area (Å²) >= 11 is 17.1. The lowest BCUT2D eigenvalue weighted by Crippen LogP contribution is -2.48. The van der Waals surface area contributed by atoms with Gasteiger partial charge in [0.1, 0.15) is 0 Å². The van der Waals surface area contributed by atoms with Gasteiger partial charge in [0.25, 0.3) is 5.91 Å². The molecule has 1 heterocycles. The number of halogens is 2. The molecule has 2 aromatic rings. The lowest BCUT2D eigenvalue weighted by molar-refractivity contribution is -0.131. The fraction of sp³-hybridized carbons (Fsp3) is 0.286. The van der Waals surface area contributed by atoms with Gasteiger partial charge >= 0.3 is 0 Å². The number of carbonyl (C=O) groups excluding carboxylic acids is 2. The molecule has 3 rings (SSSR count). The second-order valence-electron chi connectivity index (χ2n) is 6.81. The Hall–Kier alpha value is -2.35. The summed E-state index contributed by atoms with van der Waals surface area (Å²) in [7, 11) is 0. The molecular weight excluding hydrogens is 443 g/mol. The fourth-order valence-corrected chi connectivity index (χ4v) is 3.68. The van der Waals surface area contributed by atoms with Crippen LogP contribution in [0.4, 0.5) is 11.4 Å². The Labute approximate surface area is 191 Å². The summed E-state index contributed by atoms with van der Waals surface area (Å²) in [5, 5.41) is 6.49. The molecule has 6 nitrogen and oxygen atoms in total. The zero-order valence-electron chi connectivity index (χ0n) is 16.5. The molecule has 2 amide bonds. The van der Waals surface area contributed by atoms with E-state index >= 15 is 0 Å². The molecule has 30 heavy (non-hydrogen) atoms. The average Bonchev–Trinajstić information content (AvgIpc) is 2.75. The van der Waals surface area contributed by atoms with Gasteiger partial charge in [-0.15, -0.1) is 0 Å². The number of hydrogen-bond acceptors (Lipinski definition) is 4. The average molecular weight is 465 g/mol. The normalized spacial score (nSPS) is 13.7. The Balaban J connectivity index is 1.53. The van der Waals surface area contributed by atoms with Crippen LogP contribution in [0.2, 0.25) is 10.0 Å². The van der Waals surface area contributed by atoms with Gasteiger partial charge in [0.05, 0.1) is 10.0 Å². The van der Waals surface area contributed by atoms with Crippen molar-refractivity contribution in [2.24, 2.45) is 0 Å². The molecule has 1 aliphatic heterocycles. The van der Waals surface area contributed by atoms with Gasteiger partial charge in [-0.05, 0) is 54.7 Å². The van der Waals surface area contributed by atoms with Crippen LogP contribution in [0.15, 0.2) is 42.5 Å². The molecule has 1 fully saturated rings. The van der Waals surface area contributed by atoms with E-state index in [1.54, 1.807) is 12.1 Å². The molecule has 158 valence electrons. The Morgan fingerprint density at radius 3 is 2.27 bits per heavy atom. The van der Waals surface area contributed by atoms with Crippen molar-refractivity contribution in [2.75, 3.05) is 36.4 Å². The molecule has 2 N–H and O–H groups in total. The van der Waals surface area contributed by atoms with Gasteiger partial charge in [0.2, 0.25) is 5.91 Å². The zero-order valence-corrected chi connectivity index (χ0v) is 18.8. The van der Waals surface area contributed by atoms with E-state index in [1.807, 2.05) is 36.1 Å². The summed E-state index contributed by atoms with van der Waals surface area (Å²) in [5.74, 6) is -0.173. The van der Waals surface area contributed by atoms with Crippen molar-refractivity contribution in [2.45, 2.75) is 13.3 Å². The van der Waals surface area contributed by atoms with Crippen molar-refractivity contribution < 1.29 is 9.59 Å². The van der Waals surface area contributed by atoms with Crippen molar-refractivity contribution >= 4 is 63.7 Å². The Morgan fingerprint density at radius 2 is 1.67 bits per heavy atom. The maximum Gasteiger partial charge on any atom is 0.257 e. The summed E-state index contributed by atoms with van der Waals surface area (Å²) in [6, 6.07) is 12.4. The van der Waals surface area contributed by atoms with Crippen molar-refractivity contribution in [1.82, 2.24) is 10.2 Å². The van der Waals surface area contributed by atoms with Crippen molar-refractivity contribution in [1.29, 1.82) is 0 Å². The minimum Gasteiger partial charge on any atom is -0.368 e. The third kappa shape index (κ3) is 5.62. The zero-order chi connectivity index (χ0) is 21.7. The molecule has 0 aromatic heterocycles. The monoisotopic (exact) mass is 464 g/mol. The Kier molecular flexibility index (Phi) is 7.53. The highest BCUT2D eigenvalue weighted by molar-refractivity contribution is 7.80. The summed E-state index contributed by atoms with van der Waals surface area (Å²) < 4.78 is 0. The maximum atomic E-state index is 12.3. The molecule has 0 unspecified atom stereocenters. The highest BCUT2D eigenvalue weighted by atomic mass is 35.5. The lowest BCUT2D eigenvalue weighted by atomic mass is 10.2. The van der Waals surface area contributed by atoms with Gasteiger partial charge in [-0.1, -0.05) is 30.1 Å². The third-order valence-corrected chi connectivity index (χ3v) is 5.78. The lowest BCUT2D eigenvalue weighted by Gasteiger charge is -2.36. The SMILES string of the molecule is CCC(=O)N1CCN(c2ccc(NC(=S)NC(=O)c3ccc(Cl)c(Cl)c3)cc2)CC1. The van der Waals surface area contributed by atoms with E-state index in [9.17, 15) is 9.59 Å². The molecule has 0 saturated carbocycles. The van der Waals surface area contributed by atoms with Crippen molar-refractivity contribution in [3.05, 3.63) is 58.1 Å². The fourth-order valence-electron chi connectivity index (χ4n) is 3.17. The quantitative estimate of drug-likeness (QED) is 0.664. The van der Waals surface area contributed by atoms with Crippen LogP contribution >= 0.6 is 35.4 Å². The van der Waals surface area contributed by atoms with Gasteiger partial charge in [-0.2, -0.15) is 0 Å². The van der Waals surface area contributed by atoms with E-state index in [1.165, 1.54) is 6.07 Å². The van der Waals surface area contributed by atoms with E-state index in [0.717, 1.165) is 37.6 Å². The number of nitrogens with one attached hydrogen (secondary N) is 2. The first-order chi connectivity index (χ1) is 14.4. The minimum atomic E-state index is -0.373. The van der Waals surface area contributed by atoms with Crippen LogP contribution in [0.5, 0.6) is 0 Å². The predicted molar refractivity (Wildman–Crippen MR) is 126 cm³/mol. The molecule has 0 spiro atoms. The summed E-state index contributed by atoms with van der Waals surface area (Å²) in [6.45, 7) is 4.96. The Bertz CT molecular complexity index is 945. The number of thiocarbonyl (C=S) groups is 1. The first-order valence-corrected chi connectivity index (χ1v) is 10.7. The number of anilines is 2. The number of rotatable bonds is 4. The maximum absolute atomic E-state index is 12.3. The van der Waals surface area contributed by atoms with Gasteiger partial charge in [-0.25, -0.2) is 0 Å². The van der Waals surface area contributed by atoms with E-state index in [4.69, 9.17) is 35.4 Å². The van der Waals surface area contributed by atoms with E-state index in [2.05, 4.69) is 15.5 Å². The molecule has 0 atom stereocenters. The van der Waals surface area contributed by atoms with Crippen LogP contribution in [0.25, 0.3) is 0 Å². The van der Waals surface area contributed by atoms with Crippen molar-refractivity contribution in [3.63, 3.8) is 0 Å². The second kappa shape index (κ2) is 10.1. The number of amides is 2. The van der Waals surface area contributed by atoms with Crippen molar-refractivity contribution in [3.8, 4) is 0 Å². The third-order valence-electron chi connectivity index (χ3n) is 4.83.